The quantitative estimate of drug-likeness (QED) is 0.546. The lowest BCUT2D eigenvalue weighted by Crippen LogP contribution is -2.30. The number of sulfonamides is 1. The fourth-order valence-electron chi connectivity index (χ4n) is 2.47. The Balaban J connectivity index is 1.93. The van der Waals surface area contributed by atoms with Crippen LogP contribution in [-0.4, -0.2) is 29.9 Å². The number of benzene rings is 2. The molecule has 9 heteroatoms. The van der Waals surface area contributed by atoms with Crippen LogP contribution in [0.5, 0.6) is 0 Å². The van der Waals surface area contributed by atoms with E-state index in [1.165, 1.54) is 28.6 Å². The van der Waals surface area contributed by atoms with Crippen LogP contribution in [0.3, 0.4) is 0 Å². The normalized spacial score (nSPS) is 18.6. The second kappa shape index (κ2) is 6.83. The fourth-order valence-corrected chi connectivity index (χ4v) is 5.97. The van der Waals surface area contributed by atoms with Gasteiger partial charge in [-0.3, -0.25) is 10.1 Å². The summed E-state index contributed by atoms with van der Waals surface area (Å²) in [6.45, 7) is 0.407. The van der Waals surface area contributed by atoms with Crippen molar-refractivity contribution in [3.63, 3.8) is 0 Å². The van der Waals surface area contributed by atoms with Crippen LogP contribution >= 0.6 is 27.7 Å². The lowest BCUT2D eigenvalue weighted by molar-refractivity contribution is -0.384. The first kappa shape index (κ1) is 17.4. The van der Waals surface area contributed by atoms with Gasteiger partial charge >= 0.3 is 0 Å². The van der Waals surface area contributed by atoms with Gasteiger partial charge in [0.15, 0.2) is 0 Å². The Bertz CT molecular complexity index is 854. The predicted molar refractivity (Wildman–Crippen MR) is 96.3 cm³/mol. The minimum Gasteiger partial charge on any atom is -0.258 e. The van der Waals surface area contributed by atoms with Crippen molar-refractivity contribution in [1.82, 2.24) is 4.31 Å². The summed E-state index contributed by atoms with van der Waals surface area (Å²) in [6, 6.07) is 12.5. The van der Waals surface area contributed by atoms with Gasteiger partial charge in [-0.1, -0.05) is 28.1 Å². The fraction of sp³-hybridized carbons (Fsp3) is 0.200. The van der Waals surface area contributed by atoms with Crippen molar-refractivity contribution >= 4 is 43.4 Å². The Morgan fingerprint density at radius 3 is 2.33 bits per heavy atom. The number of nitrogens with zero attached hydrogens (tertiary/aromatic N) is 2. The smallest absolute Gasteiger partial charge is 0.258 e. The number of rotatable bonds is 4. The Morgan fingerprint density at radius 2 is 1.75 bits per heavy atom. The maximum absolute atomic E-state index is 12.9. The van der Waals surface area contributed by atoms with Crippen LogP contribution in [0, 0.1) is 10.1 Å². The summed E-state index contributed by atoms with van der Waals surface area (Å²) in [4.78, 5) is 10.2. The zero-order valence-corrected chi connectivity index (χ0v) is 15.6. The van der Waals surface area contributed by atoms with Gasteiger partial charge in [-0.05, 0) is 29.8 Å². The van der Waals surface area contributed by atoms with Gasteiger partial charge in [-0.25, -0.2) is 8.42 Å². The Hall–Kier alpha value is -1.42. The highest BCUT2D eigenvalue weighted by Crippen LogP contribution is 2.41. The monoisotopic (exact) mass is 428 g/mol. The first-order valence-electron chi connectivity index (χ1n) is 7.03. The van der Waals surface area contributed by atoms with E-state index in [0.717, 1.165) is 10.0 Å². The van der Waals surface area contributed by atoms with Crippen molar-refractivity contribution in [1.29, 1.82) is 0 Å². The van der Waals surface area contributed by atoms with Gasteiger partial charge in [0.05, 0.1) is 15.2 Å². The van der Waals surface area contributed by atoms with Gasteiger partial charge in [0.25, 0.3) is 5.69 Å². The van der Waals surface area contributed by atoms with Crippen LogP contribution in [0.25, 0.3) is 0 Å². The molecule has 1 atom stereocenters. The van der Waals surface area contributed by atoms with Crippen LogP contribution in [0.15, 0.2) is 57.9 Å². The molecule has 1 aliphatic rings. The van der Waals surface area contributed by atoms with Crippen LogP contribution in [-0.2, 0) is 10.0 Å². The maximum atomic E-state index is 12.9. The third-order valence-electron chi connectivity index (χ3n) is 3.66. The third-order valence-corrected chi connectivity index (χ3v) is 7.46. The summed E-state index contributed by atoms with van der Waals surface area (Å²) in [6.07, 6.45) is 0. The van der Waals surface area contributed by atoms with Crippen molar-refractivity contribution in [3.8, 4) is 0 Å². The lowest BCUT2D eigenvalue weighted by atomic mass is 10.2. The van der Waals surface area contributed by atoms with E-state index in [2.05, 4.69) is 15.9 Å². The number of nitro groups is 1. The minimum atomic E-state index is -3.71. The van der Waals surface area contributed by atoms with Gasteiger partial charge in [0.2, 0.25) is 10.0 Å². The largest absolute Gasteiger partial charge is 0.269 e. The number of nitro benzene ring substituents is 1. The highest BCUT2D eigenvalue weighted by molar-refractivity contribution is 9.10. The molecule has 0 bridgehead atoms. The van der Waals surface area contributed by atoms with Gasteiger partial charge in [0.1, 0.15) is 0 Å². The number of thioether (sulfide) groups is 1. The molecule has 1 fully saturated rings. The number of hydrogen-bond acceptors (Lipinski definition) is 5. The lowest BCUT2D eigenvalue weighted by Gasteiger charge is -2.23. The molecule has 0 N–H and O–H groups in total. The summed E-state index contributed by atoms with van der Waals surface area (Å²) < 4.78 is 28.2. The third kappa shape index (κ3) is 3.34. The Morgan fingerprint density at radius 1 is 1.12 bits per heavy atom. The molecule has 2 aromatic rings. The summed E-state index contributed by atoms with van der Waals surface area (Å²) in [7, 11) is -3.71. The minimum absolute atomic E-state index is 0.0673. The van der Waals surface area contributed by atoms with E-state index in [0.29, 0.717) is 12.3 Å². The van der Waals surface area contributed by atoms with Crippen molar-refractivity contribution in [2.45, 2.75) is 10.3 Å². The van der Waals surface area contributed by atoms with Crippen molar-refractivity contribution in [3.05, 3.63) is 68.7 Å². The average molecular weight is 429 g/mol. The van der Waals surface area contributed by atoms with Crippen LogP contribution < -0.4 is 0 Å². The molecular formula is C15H13BrN2O4S2. The molecule has 1 saturated heterocycles. The molecule has 126 valence electrons. The standard InChI is InChI=1S/C15H13BrN2O4S2/c16-12-3-1-11(2-4-12)15-17(9-10-23-15)24(21,22)14-7-5-13(6-8-14)18(19)20/h1-8,15H,9-10H2/t15-/m1/s1. The van der Waals surface area contributed by atoms with Crippen LogP contribution in [0.2, 0.25) is 0 Å². The molecule has 0 saturated carbocycles. The molecule has 0 amide bonds. The molecule has 0 radical (unpaired) electrons. The van der Waals surface area contributed by atoms with E-state index in [4.69, 9.17) is 0 Å². The number of hydrogen-bond donors (Lipinski definition) is 0. The second-order valence-corrected chi connectivity index (χ2v) is 9.14. The van der Waals surface area contributed by atoms with E-state index in [1.54, 1.807) is 11.8 Å². The zero-order chi connectivity index (χ0) is 17.3. The Labute approximate surface area is 152 Å². The molecule has 2 aromatic carbocycles. The van der Waals surface area contributed by atoms with E-state index in [1.807, 2.05) is 24.3 Å². The molecule has 0 aromatic heterocycles. The summed E-state index contributed by atoms with van der Waals surface area (Å²) in [5.74, 6) is 0.701. The van der Waals surface area contributed by atoms with E-state index in [9.17, 15) is 18.5 Å². The van der Waals surface area contributed by atoms with Crippen LogP contribution in [0.4, 0.5) is 5.69 Å². The summed E-state index contributed by atoms with van der Waals surface area (Å²) in [5, 5.41) is 10.4. The number of halogens is 1. The molecule has 3 rings (SSSR count). The Kier molecular flexibility index (Phi) is 4.95. The van der Waals surface area contributed by atoms with Gasteiger partial charge in [0, 0.05) is 28.9 Å². The molecule has 0 unspecified atom stereocenters. The molecule has 0 spiro atoms. The van der Waals surface area contributed by atoms with Crippen LogP contribution in [0.1, 0.15) is 10.9 Å². The van der Waals surface area contributed by atoms with E-state index < -0.39 is 14.9 Å². The topological polar surface area (TPSA) is 80.5 Å². The molecule has 1 heterocycles. The first-order chi connectivity index (χ1) is 11.4. The zero-order valence-electron chi connectivity index (χ0n) is 12.3. The molecule has 6 nitrogen and oxygen atoms in total. The SMILES string of the molecule is O=[N+]([O-])c1ccc(S(=O)(=O)N2CCS[C@@H]2c2ccc(Br)cc2)cc1. The highest BCUT2D eigenvalue weighted by Gasteiger charge is 2.36. The van der Waals surface area contributed by atoms with Gasteiger partial charge in [-0.15, -0.1) is 11.8 Å². The highest BCUT2D eigenvalue weighted by atomic mass is 79.9. The van der Waals surface area contributed by atoms with Gasteiger partial charge < -0.3 is 0 Å². The average Bonchev–Trinajstić information content (AvgIpc) is 3.06. The van der Waals surface area contributed by atoms with Gasteiger partial charge in [-0.2, -0.15) is 4.31 Å². The van der Waals surface area contributed by atoms with E-state index >= 15 is 0 Å². The predicted octanol–water partition coefficient (Wildman–Crippen LogP) is 3.79. The maximum Gasteiger partial charge on any atom is 0.269 e. The second-order valence-electron chi connectivity index (χ2n) is 5.14. The summed E-state index contributed by atoms with van der Waals surface area (Å²) in [5.41, 5.74) is 0.778. The molecular weight excluding hydrogens is 416 g/mol. The van der Waals surface area contributed by atoms with Crippen molar-refractivity contribution < 1.29 is 13.3 Å². The first-order valence-corrected chi connectivity index (χ1v) is 10.3. The summed E-state index contributed by atoms with van der Waals surface area (Å²) >= 11 is 4.93. The van der Waals surface area contributed by atoms with Crippen molar-refractivity contribution in [2.75, 3.05) is 12.3 Å². The number of non-ortho nitro benzene ring substituents is 1. The van der Waals surface area contributed by atoms with E-state index in [-0.39, 0.29) is 16.0 Å². The van der Waals surface area contributed by atoms with Crippen molar-refractivity contribution in [2.24, 2.45) is 0 Å². The molecule has 0 aliphatic carbocycles. The molecule has 24 heavy (non-hydrogen) atoms. The molecule has 1 aliphatic heterocycles.